The van der Waals surface area contributed by atoms with Gasteiger partial charge in [0.05, 0.1) is 4.92 Å². The maximum Gasteiger partial charge on any atom is 0.272 e. The molecule has 0 spiro atoms. The van der Waals surface area contributed by atoms with Crippen molar-refractivity contribution in [3.63, 3.8) is 0 Å². The number of aliphatic hydroxyl groups is 1. The third-order valence-electron chi connectivity index (χ3n) is 3.08. The zero-order chi connectivity index (χ0) is 14.9. The van der Waals surface area contributed by atoms with Gasteiger partial charge in [-0.25, -0.2) is 0 Å². The Hall–Kier alpha value is -2.28. The van der Waals surface area contributed by atoms with E-state index in [1.165, 1.54) is 6.07 Å². The monoisotopic (exact) mass is 276 g/mol. The summed E-state index contributed by atoms with van der Waals surface area (Å²) >= 11 is 0. The highest BCUT2D eigenvalue weighted by Gasteiger charge is 2.18. The maximum atomic E-state index is 10.8. The van der Waals surface area contributed by atoms with Crippen LogP contribution in [0.15, 0.2) is 18.2 Å². The molecule has 0 saturated heterocycles. The van der Waals surface area contributed by atoms with Crippen molar-refractivity contribution in [1.29, 1.82) is 0 Å². The summed E-state index contributed by atoms with van der Waals surface area (Å²) in [5.41, 5.74) is 1.39. The van der Waals surface area contributed by atoms with Crippen LogP contribution in [0.1, 0.15) is 31.3 Å². The molecule has 1 aromatic carbocycles. The van der Waals surface area contributed by atoms with E-state index < -0.39 is 4.92 Å². The number of rotatable bonds is 4. The van der Waals surface area contributed by atoms with Crippen LogP contribution in [-0.2, 0) is 6.61 Å². The lowest BCUT2D eigenvalue weighted by Crippen LogP contribution is -2.08. The van der Waals surface area contributed by atoms with E-state index in [9.17, 15) is 15.2 Å². The molecular formula is C13H16N4O3. The number of aromatic nitrogens is 3. The van der Waals surface area contributed by atoms with Gasteiger partial charge in [0.25, 0.3) is 5.69 Å². The van der Waals surface area contributed by atoms with Crippen molar-refractivity contribution in [3.05, 3.63) is 39.7 Å². The number of nitrogens with zero attached hydrogens (tertiary/aromatic N) is 4. The van der Waals surface area contributed by atoms with Crippen molar-refractivity contribution in [3.8, 4) is 11.4 Å². The van der Waals surface area contributed by atoms with Gasteiger partial charge < -0.3 is 9.67 Å². The zero-order valence-electron chi connectivity index (χ0n) is 11.6. The van der Waals surface area contributed by atoms with Gasteiger partial charge in [0, 0.05) is 23.2 Å². The molecule has 0 aliphatic carbocycles. The van der Waals surface area contributed by atoms with Crippen LogP contribution < -0.4 is 0 Å². The van der Waals surface area contributed by atoms with E-state index in [2.05, 4.69) is 10.2 Å². The minimum absolute atomic E-state index is 0.0757. The summed E-state index contributed by atoms with van der Waals surface area (Å²) in [4.78, 5) is 10.4. The van der Waals surface area contributed by atoms with Crippen LogP contribution in [0.3, 0.4) is 0 Å². The zero-order valence-corrected chi connectivity index (χ0v) is 11.6. The highest BCUT2D eigenvalue weighted by atomic mass is 16.6. The smallest absolute Gasteiger partial charge is 0.272 e. The Morgan fingerprint density at radius 3 is 2.60 bits per heavy atom. The molecule has 1 aromatic heterocycles. The normalized spacial score (nSPS) is 11.1. The average molecular weight is 276 g/mol. The number of benzene rings is 1. The Kier molecular flexibility index (Phi) is 3.80. The largest absolute Gasteiger partial charge is 0.388 e. The molecule has 0 unspecified atom stereocenters. The van der Waals surface area contributed by atoms with Crippen LogP contribution in [0, 0.1) is 17.0 Å². The van der Waals surface area contributed by atoms with Gasteiger partial charge in [-0.3, -0.25) is 10.1 Å². The van der Waals surface area contributed by atoms with E-state index in [0.29, 0.717) is 17.2 Å². The lowest BCUT2D eigenvalue weighted by molar-refractivity contribution is -0.385. The van der Waals surface area contributed by atoms with Crippen molar-refractivity contribution >= 4 is 5.69 Å². The lowest BCUT2D eigenvalue weighted by atomic mass is 10.1. The number of nitro benzene ring substituents is 1. The van der Waals surface area contributed by atoms with E-state index in [1.807, 2.05) is 18.4 Å². The lowest BCUT2D eigenvalue weighted by Gasteiger charge is -2.13. The average Bonchev–Trinajstić information content (AvgIpc) is 2.81. The molecule has 0 aliphatic rings. The van der Waals surface area contributed by atoms with Crippen LogP contribution in [-0.4, -0.2) is 24.8 Å². The molecule has 2 aromatic rings. The number of hydrogen-bond donors (Lipinski definition) is 1. The minimum Gasteiger partial charge on any atom is -0.388 e. The summed E-state index contributed by atoms with van der Waals surface area (Å²) in [6.45, 7) is 5.41. The molecule has 2 rings (SSSR count). The van der Waals surface area contributed by atoms with Gasteiger partial charge in [0.2, 0.25) is 0 Å². The summed E-state index contributed by atoms with van der Waals surface area (Å²) in [6, 6.07) is 4.90. The van der Waals surface area contributed by atoms with Crippen LogP contribution in [0.2, 0.25) is 0 Å². The molecule has 7 nitrogen and oxygen atoms in total. The van der Waals surface area contributed by atoms with E-state index >= 15 is 0 Å². The fraction of sp³-hybridized carbons (Fsp3) is 0.385. The first-order valence-corrected chi connectivity index (χ1v) is 6.25. The van der Waals surface area contributed by atoms with Crippen molar-refractivity contribution in [2.75, 3.05) is 0 Å². The highest BCUT2D eigenvalue weighted by molar-refractivity contribution is 5.60. The number of aliphatic hydroxyl groups excluding tert-OH is 1. The summed E-state index contributed by atoms with van der Waals surface area (Å²) in [6.07, 6.45) is 0. The second-order valence-corrected chi connectivity index (χ2v) is 4.82. The van der Waals surface area contributed by atoms with Crippen LogP contribution >= 0.6 is 0 Å². The van der Waals surface area contributed by atoms with Gasteiger partial charge in [-0.2, -0.15) is 0 Å². The van der Waals surface area contributed by atoms with Crippen LogP contribution in [0.4, 0.5) is 5.69 Å². The topological polar surface area (TPSA) is 94.1 Å². The standard InChI is InChI=1S/C13H16N4O3/c1-8(2)16-12(7-18)14-15-13(16)10-4-5-11(17(19)20)9(3)6-10/h4-6,8,18H,7H2,1-3H3. The molecule has 1 N–H and O–H groups in total. The molecule has 0 radical (unpaired) electrons. The van der Waals surface area contributed by atoms with Crippen LogP contribution in [0.25, 0.3) is 11.4 Å². The first kappa shape index (κ1) is 14.1. The number of hydrogen-bond acceptors (Lipinski definition) is 5. The Morgan fingerprint density at radius 1 is 1.40 bits per heavy atom. The number of nitro groups is 1. The van der Waals surface area contributed by atoms with Crippen molar-refractivity contribution < 1.29 is 10.0 Å². The van der Waals surface area contributed by atoms with Gasteiger partial charge in [0.15, 0.2) is 11.6 Å². The summed E-state index contributed by atoms with van der Waals surface area (Å²) < 4.78 is 1.82. The molecule has 0 amide bonds. The quantitative estimate of drug-likeness (QED) is 0.682. The molecular weight excluding hydrogens is 260 g/mol. The third-order valence-corrected chi connectivity index (χ3v) is 3.08. The minimum atomic E-state index is -0.411. The van der Waals surface area contributed by atoms with E-state index in [4.69, 9.17) is 0 Å². The Balaban J connectivity index is 2.55. The third kappa shape index (κ3) is 2.39. The molecule has 0 fully saturated rings. The van der Waals surface area contributed by atoms with Crippen LogP contribution in [0.5, 0.6) is 0 Å². The Labute approximate surface area is 116 Å². The van der Waals surface area contributed by atoms with Gasteiger partial charge >= 0.3 is 0 Å². The predicted octanol–water partition coefficient (Wildman–Crippen LogP) is 2.23. The van der Waals surface area contributed by atoms with E-state index in [0.717, 1.165) is 5.56 Å². The first-order chi connectivity index (χ1) is 9.45. The maximum absolute atomic E-state index is 10.8. The van der Waals surface area contributed by atoms with Crippen molar-refractivity contribution in [1.82, 2.24) is 14.8 Å². The van der Waals surface area contributed by atoms with E-state index in [-0.39, 0.29) is 18.3 Å². The summed E-state index contributed by atoms with van der Waals surface area (Å²) in [5.74, 6) is 1.08. The summed E-state index contributed by atoms with van der Waals surface area (Å²) in [7, 11) is 0. The highest BCUT2D eigenvalue weighted by Crippen LogP contribution is 2.27. The van der Waals surface area contributed by atoms with E-state index in [1.54, 1.807) is 19.1 Å². The molecule has 0 aliphatic heterocycles. The Bertz CT molecular complexity index is 649. The number of aryl methyl sites for hydroxylation is 1. The predicted molar refractivity (Wildman–Crippen MR) is 73.2 cm³/mol. The molecule has 7 heteroatoms. The fourth-order valence-electron chi connectivity index (χ4n) is 2.17. The molecule has 1 heterocycles. The first-order valence-electron chi connectivity index (χ1n) is 6.25. The molecule has 0 bridgehead atoms. The molecule has 0 atom stereocenters. The second-order valence-electron chi connectivity index (χ2n) is 4.82. The van der Waals surface area contributed by atoms with Gasteiger partial charge in [0.1, 0.15) is 6.61 Å². The summed E-state index contributed by atoms with van der Waals surface area (Å²) in [5, 5.41) is 28.1. The van der Waals surface area contributed by atoms with Gasteiger partial charge in [-0.15, -0.1) is 10.2 Å². The molecule has 20 heavy (non-hydrogen) atoms. The molecule has 106 valence electrons. The second kappa shape index (κ2) is 5.38. The van der Waals surface area contributed by atoms with Crippen molar-refractivity contribution in [2.45, 2.75) is 33.4 Å². The fourth-order valence-corrected chi connectivity index (χ4v) is 2.17. The Morgan fingerprint density at radius 2 is 2.10 bits per heavy atom. The van der Waals surface area contributed by atoms with Crippen molar-refractivity contribution in [2.24, 2.45) is 0 Å². The van der Waals surface area contributed by atoms with Gasteiger partial charge in [-0.1, -0.05) is 0 Å². The molecule has 0 saturated carbocycles. The van der Waals surface area contributed by atoms with Gasteiger partial charge in [-0.05, 0) is 32.9 Å². The SMILES string of the molecule is Cc1cc(-c2nnc(CO)n2C(C)C)ccc1[N+](=O)[O-].